The molecule has 17 heavy (non-hydrogen) atoms. The summed E-state index contributed by atoms with van der Waals surface area (Å²) in [5.41, 5.74) is 7.78. The van der Waals surface area contributed by atoms with E-state index >= 15 is 0 Å². The van der Waals surface area contributed by atoms with Gasteiger partial charge in [0.15, 0.2) is 5.13 Å². The minimum Gasteiger partial charge on any atom is -0.375 e. The second-order valence-electron chi connectivity index (χ2n) is 3.69. The predicted molar refractivity (Wildman–Crippen MR) is 75.2 cm³/mol. The molecule has 90 valence electrons. The highest BCUT2D eigenvalue weighted by Crippen LogP contribution is 2.28. The van der Waals surface area contributed by atoms with Crippen LogP contribution in [0.1, 0.15) is 23.1 Å². The molecule has 2 aromatic rings. The van der Waals surface area contributed by atoms with Gasteiger partial charge in [0, 0.05) is 21.3 Å². The maximum absolute atomic E-state index is 6.14. The minimum atomic E-state index is 0.606. The Balaban J connectivity index is 2.33. The van der Waals surface area contributed by atoms with Crippen LogP contribution >= 0.6 is 34.5 Å². The van der Waals surface area contributed by atoms with Crippen LogP contribution in [0.25, 0.3) is 0 Å². The molecule has 1 aromatic heterocycles. The Labute approximate surface area is 114 Å². The Morgan fingerprint density at radius 3 is 2.82 bits per heavy atom. The van der Waals surface area contributed by atoms with E-state index in [0.29, 0.717) is 10.2 Å². The standard InChI is InChI=1S/C12H12Cl2N2S/c1-2-10-11(17-12(15)16-10)6-7-5-8(13)3-4-9(7)14/h3-5H,2,6H2,1H3,(H2,15,16). The van der Waals surface area contributed by atoms with Gasteiger partial charge >= 0.3 is 0 Å². The Bertz CT molecular complexity index is 537. The number of hydrogen-bond donors (Lipinski definition) is 1. The summed E-state index contributed by atoms with van der Waals surface area (Å²) >= 11 is 13.6. The number of nitrogens with two attached hydrogens (primary N) is 1. The van der Waals surface area contributed by atoms with E-state index in [0.717, 1.165) is 34.0 Å². The lowest BCUT2D eigenvalue weighted by Crippen LogP contribution is -1.92. The summed E-state index contributed by atoms with van der Waals surface area (Å²) in [6, 6.07) is 5.49. The SMILES string of the molecule is CCc1nc(N)sc1Cc1cc(Cl)ccc1Cl. The van der Waals surface area contributed by atoms with E-state index in [9.17, 15) is 0 Å². The fourth-order valence-electron chi connectivity index (χ4n) is 1.67. The van der Waals surface area contributed by atoms with E-state index < -0.39 is 0 Å². The Morgan fingerprint density at radius 1 is 1.35 bits per heavy atom. The zero-order chi connectivity index (χ0) is 12.4. The zero-order valence-corrected chi connectivity index (χ0v) is 11.7. The monoisotopic (exact) mass is 286 g/mol. The molecule has 0 aliphatic rings. The maximum atomic E-state index is 6.14. The topological polar surface area (TPSA) is 38.9 Å². The number of aromatic nitrogens is 1. The first-order chi connectivity index (χ1) is 8.10. The normalized spacial score (nSPS) is 10.8. The molecule has 0 unspecified atom stereocenters. The van der Waals surface area contributed by atoms with Crippen LogP contribution in [0.5, 0.6) is 0 Å². The lowest BCUT2D eigenvalue weighted by molar-refractivity contribution is 1.02. The van der Waals surface area contributed by atoms with Crippen molar-refractivity contribution in [1.82, 2.24) is 4.98 Å². The second kappa shape index (κ2) is 5.25. The lowest BCUT2D eigenvalue weighted by atomic mass is 10.1. The number of halogens is 2. The van der Waals surface area contributed by atoms with Crippen molar-refractivity contribution < 1.29 is 0 Å². The third kappa shape index (κ3) is 2.92. The Kier molecular flexibility index (Phi) is 3.92. The van der Waals surface area contributed by atoms with Crippen molar-refractivity contribution in [2.75, 3.05) is 5.73 Å². The average Bonchev–Trinajstić information content (AvgIpc) is 2.64. The molecule has 0 spiro atoms. The van der Waals surface area contributed by atoms with Crippen LogP contribution in [0.15, 0.2) is 18.2 Å². The summed E-state index contributed by atoms with van der Waals surface area (Å²) in [5, 5.41) is 2.03. The number of nitrogens with zero attached hydrogens (tertiary/aromatic N) is 1. The molecule has 5 heteroatoms. The first kappa shape index (κ1) is 12.7. The summed E-state index contributed by atoms with van der Waals surface area (Å²) in [5.74, 6) is 0. The summed E-state index contributed by atoms with van der Waals surface area (Å²) < 4.78 is 0. The third-order valence-electron chi connectivity index (χ3n) is 2.49. The number of nitrogen functional groups attached to an aromatic ring is 1. The summed E-state index contributed by atoms with van der Waals surface area (Å²) in [4.78, 5) is 5.46. The number of aryl methyl sites for hydroxylation is 1. The molecular formula is C12H12Cl2N2S. The first-order valence-corrected chi connectivity index (χ1v) is 6.85. The zero-order valence-electron chi connectivity index (χ0n) is 9.34. The van der Waals surface area contributed by atoms with Gasteiger partial charge < -0.3 is 5.73 Å². The number of thiazole rings is 1. The highest BCUT2D eigenvalue weighted by atomic mass is 35.5. The fourth-order valence-corrected chi connectivity index (χ4v) is 2.99. The highest BCUT2D eigenvalue weighted by molar-refractivity contribution is 7.15. The highest BCUT2D eigenvalue weighted by Gasteiger charge is 2.10. The van der Waals surface area contributed by atoms with Gasteiger partial charge in [-0.3, -0.25) is 0 Å². The van der Waals surface area contributed by atoms with E-state index in [2.05, 4.69) is 11.9 Å². The number of benzene rings is 1. The van der Waals surface area contributed by atoms with Gasteiger partial charge in [0.25, 0.3) is 0 Å². The maximum Gasteiger partial charge on any atom is 0.180 e. The molecule has 2 nitrogen and oxygen atoms in total. The van der Waals surface area contributed by atoms with E-state index in [-0.39, 0.29) is 0 Å². The van der Waals surface area contributed by atoms with Crippen molar-refractivity contribution in [3.8, 4) is 0 Å². The van der Waals surface area contributed by atoms with Crippen molar-refractivity contribution >= 4 is 39.7 Å². The fraction of sp³-hybridized carbons (Fsp3) is 0.250. The van der Waals surface area contributed by atoms with Gasteiger partial charge in [0.2, 0.25) is 0 Å². The smallest absolute Gasteiger partial charge is 0.180 e. The van der Waals surface area contributed by atoms with Crippen LogP contribution in [0.2, 0.25) is 10.0 Å². The van der Waals surface area contributed by atoms with Crippen LogP contribution < -0.4 is 5.73 Å². The van der Waals surface area contributed by atoms with Crippen LogP contribution in [-0.4, -0.2) is 4.98 Å². The van der Waals surface area contributed by atoms with Crippen molar-refractivity contribution in [2.24, 2.45) is 0 Å². The third-order valence-corrected chi connectivity index (χ3v) is 4.02. The van der Waals surface area contributed by atoms with Gasteiger partial charge in [0.05, 0.1) is 5.69 Å². The molecule has 0 aliphatic carbocycles. The summed E-state index contributed by atoms with van der Waals surface area (Å²) in [6.07, 6.45) is 1.61. The molecule has 0 amide bonds. The number of hydrogen-bond acceptors (Lipinski definition) is 3. The second-order valence-corrected chi connectivity index (χ2v) is 5.65. The number of anilines is 1. The molecule has 0 radical (unpaired) electrons. The van der Waals surface area contributed by atoms with Gasteiger partial charge in [-0.05, 0) is 30.2 Å². The summed E-state index contributed by atoms with van der Waals surface area (Å²) in [6.45, 7) is 2.07. The molecule has 2 rings (SSSR count). The average molecular weight is 287 g/mol. The van der Waals surface area contributed by atoms with Gasteiger partial charge in [-0.2, -0.15) is 0 Å². The lowest BCUT2D eigenvalue weighted by Gasteiger charge is -2.04. The van der Waals surface area contributed by atoms with Crippen LogP contribution in [0.4, 0.5) is 5.13 Å². The predicted octanol–water partition coefficient (Wildman–Crippen LogP) is 4.19. The molecule has 0 bridgehead atoms. The minimum absolute atomic E-state index is 0.606. The Morgan fingerprint density at radius 2 is 2.12 bits per heavy atom. The molecule has 2 N–H and O–H groups in total. The van der Waals surface area contributed by atoms with E-state index in [1.54, 1.807) is 6.07 Å². The molecule has 0 saturated heterocycles. The largest absolute Gasteiger partial charge is 0.375 e. The molecule has 0 saturated carbocycles. The van der Waals surface area contributed by atoms with Gasteiger partial charge in [-0.25, -0.2) is 4.98 Å². The van der Waals surface area contributed by atoms with E-state index in [1.807, 2.05) is 12.1 Å². The number of rotatable bonds is 3. The van der Waals surface area contributed by atoms with Gasteiger partial charge in [-0.1, -0.05) is 30.1 Å². The van der Waals surface area contributed by atoms with Crippen molar-refractivity contribution in [1.29, 1.82) is 0 Å². The van der Waals surface area contributed by atoms with Crippen LogP contribution in [0, 0.1) is 0 Å². The van der Waals surface area contributed by atoms with E-state index in [1.165, 1.54) is 11.3 Å². The first-order valence-electron chi connectivity index (χ1n) is 5.28. The summed E-state index contributed by atoms with van der Waals surface area (Å²) in [7, 11) is 0. The van der Waals surface area contributed by atoms with Crippen molar-refractivity contribution in [3.05, 3.63) is 44.4 Å². The van der Waals surface area contributed by atoms with Crippen LogP contribution in [-0.2, 0) is 12.8 Å². The van der Waals surface area contributed by atoms with Crippen molar-refractivity contribution in [3.63, 3.8) is 0 Å². The van der Waals surface area contributed by atoms with Crippen molar-refractivity contribution in [2.45, 2.75) is 19.8 Å². The van der Waals surface area contributed by atoms with Gasteiger partial charge in [-0.15, -0.1) is 11.3 Å². The quantitative estimate of drug-likeness (QED) is 0.919. The van der Waals surface area contributed by atoms with E-state index in [4.69, 9.17) is 28.9 Å². The van der Waals surface area contributed by atoms with Gasteiger partial charge in [0.1, 0.15) is 0 Å². The molecule has 1 aromatic carbocycles. The molecule has 0 aliphatic heterocycles. The molecular weight excluding hydrogens is 275 g/mol. The molecule has 0 atom stereocenters. The molecule has 0 fully saturated rings. The molecule has 1 heterocycles. The van der Waals surface area contributed by atoms with Crippen LogP contribution in [0.3, 0.4) is 0 Å². The Hall–Kier alpha value is -0.770.